The van der Waals surface area contributed by atoms with Crippen LogP contribution in [-0.2, 0) is 16.4 Å². The summed E-state index contributed by atoms with van der Waals surface area (Å²) in [7, 11) is -2.95. The van der Waals surface area contributed by atoms with Gasteiger partial charge in [-0.05, 0) is 24.1 Å². The van der Waals surface area contributed by atoms with E-state index in [1.807, 2.05) is 24.3 Å². The molecule has 0 bridgehead atoms. The molecule has 2 N–H and O–H groups in total. The molecule has 0 spiro atoms. The highest BCUT2D eigenvalue weighted by molar-refractivity contribution is 7.91. The molecule has 20 heavy (non-hydrogen) atoms. The van der Waals surface area contributed by atoms with E-state index in [9.17, 15) is 8.42 Å². The molecule has 1 unspecified atom stereocenters. The van der Waals surface area contributed by atoms with Crippen LogP contribution in [0.5, 0.6) is 0 Å². The zero-order valence-electron chi connectivity index (χ0n) is 10.8. The Hall–Kier alpha value is -1.73. The molecule has 106 valence electrons. The van der Waals surface area contributed by atoms with E-state index in [1.165, 1.54) is 0 Å². The number of benzene rings is 1. The summed E-state index contributed by atoms with van der Waals surface area (Å²) >= 11 is 0. The second-order valence-electron chi connectivity index (χ2n) is 4.96. The lowest BCUT2D eigenvalue weighted by molar-refractivity contribution is 0.418. The van der Waals surface area contributed by atoms with Crippen molar-refractivity contribution in [3.05, 3.63) is 35.7 Å². The van der Waals surface area contributed by atoms with Crippen molar-refractivity contribution in [2.45, 2.75) is 18.9 Å². The van der Waals surface area contributed by atoms with Crippen LogP contribution >= 0.6 is 0 Å². The smallest absolute Gasteiger partial charge is 0.257 e. The highest BCUT2D eigenvalue weighted by atomic mass is 32.2. The van der Waals surface area contributed by atoms with Crippen LogP contribution < -0.4 is 5.73 Å². The SMILES string of the molecule is NCc1cccc(-c2nc(C3CCS(=O)(=O)C3)no2)c1. The van der Waals surface area contributed by atoms with Gasteiger partial charge in [-0.3, -0.25) is 0 Å². The number of nitrogens with two attached hydrogens (primary N) is 1. The van der Waals surface area contributed by atoms with Gasteiger partial charge in [0.15, 0.2) is 15.7 Å². The molecule has 1 aromatic carbocycles. The third kappa shape index (κ3) is 2.59. The fraction of sp³-hybridized carbons (Fsp3) is 0.385. The number of hydrogen-bond donors (Lipinski definition) is 1. The Labute approximate surface area is 116 Å². The van der Waals surface area contributed by atoms with E-state index >= 15 is 0 Å². The Kier molecular flexibility index (Phi) is 3.31. The summed E-state index contributed by atoms with van der Waals surface area (Å²) < 4.78 is 28.2. The standard InChI is InChI=1S/C13H15N3O3S/c14-7-9-2-1-3-10(6-9)13-15-12(16-19-13)11-4-5-20(17,18)8-11/h1-3,6,11H,4-5,7-8,14H2. The average molecular weight is 293 g/mol. The first-order chi connectivity index (χ1) is 9.57. The van der Waals surface area contributed by atoms with Crippen LogP contribution in [0.1, 0.15) is 23.7 Å². The minimum absolute atomic E-state index is 0.106. The zero-order chi connectivity index (χ0) is 14.2. The second-order valence-corrected chi connectivity index (χ2v) is 7.19. The number of rotatable bonds is 3. The molecule has 7 heteroatoms. The summed E-state index contributed by atoms with van der Waals surface area (Å²) in [6, 6.07) is 7.55. The van der Waals surface area contributed by atoms with Crippen molar-refractivity contribution in [1.29, 1.82) is 0 Å². The Morgan fingerprint density at radius 2 is 2.25 bits per heavy atom. The molecular formula is C13H15N3O3S. The molecule has 0 aliphatic carbocycles. The third-order valence-electron chi connectivity index (χ3n) is 3.45. The van der Waals surface area contributed by atoms with Gasteiger partial charge in [0, 0.05) is 18.0 Å². The van der Waals surface area contributed by atoms with Gasteiger partial charge in [0.1, 0.15) is 0 Å². The molecule has 0 amide bonds. The van der Waals surface area contributed by atoms with Crippen molar-refractivity contribution < 1.29 is 12.9 Å². The van der Waals surface area contributed by atoms with Gasteiger partial charge in [-0.2, -0.15) is 4.98 Å². The van der Waals surface area contributed by atoms with Crippen LogP contribution in [0.4, 0.5) is 0 Å². The molecule has 1 aromatic heterocycles. The van der Waals surface area contributed by atoms with Crippen LogP contribution in [-0.4, -0.2) is 30.1 Å². The number of hydrogen-bond acceptors (Lipinski definition) is 6. The van der Waals surface area contributed by atoms with Crippen LogP contribution in [0.25, 0.3) is 11.5 Å². The first kappa shape index (κ1) is 13.3. The maximum absolute atomic E-state index is 11.5. The Morgan fingerprint density at radius 3 is 2.95 bits per heavy atom. The lowest BCUT2D eigenvalue weighted by Crippen LogP contribution is -2.05. The van der Waals surface area contributed by atoms with E-state index in [-0.39, 0.29) is 17.4 Å². The monoisotopic (exact) mass is 293 g/mol. The summed E-state index contributed by atoms with van der Waals surface area (Å²) in [4.78, 5) is 4.32. The molecule has 2 heterocycles. The zero-order valence-corrected chi connectivity index (χ0v) is 11.6. The number of nitrogens with zero attached hydrogens (tertiary/aromatic N) is 2. The van der Waals surface area contributed by atoms with Gasteiger partial charge in [0.2, 0.25) is 0 Å². The summed E-state index contributed by atoms with van der Waals surface area (Å²) in [5.41, 5.74) is 7.37. The van der Waals surface area contributed by atoms with Crippen LogP contribution in [0.15, 0.2) is 28.8 Å². The fourth-order valence-corrected chi connectivity index (χ4v) is 4.09. The molecule has 2 aromatic rings. The van der Waals surface area contributed by atoms with E-state index in [0.29, 0.717) is 24.7 Å². The van der Waals surface area contributed by atoms with Gasteiger partial charge in [-0.1, -0.05) is 17.3 Å². The molecule has 1 aliphatic rings. The predicted molar refractivity (Wildman–Crippen MR) is 73.6 cm³/mol. The van der Waals surface area contributed by atoms with Crippen LogP contribution in [0.3, 0.4) is 0 Å². The number of aromatic nitrogens is 2. The van der Waals surface area contributed by atoms with Gasteiger partial charge in [0.25, 0.3) is 5.89 Å². The highest BCUT2D eigenvalue weighted by Crippen LogP contribution is 2.28. The van der Waals surface area contributed by atoms with Gasteiger partial charge >= 0.3 is 0 Å². The quantitative estimate of drug-likeness (QED) is 0.909. The van der Waals surface area contributed by atoms with Crippen LogP contribution in [0, 0.1) is 0 Å². The van der Waals surface area contributed by atoms with E-state index in [0.717, 1.165) is 11.1 Å². The van der Waals surface area contributed by atoms with Crippen molar-refractivity contribution in [3.63, 3.8) is 0 Å². The average Bonchev–Trinajstić information content (AvgIpc) is 3.05. The first-order valence-electron chi connectivity index (χ1n) is 6.41. The van der Waals surface area contributed by atoms with E-state index < -0.39 is 9.84 Å². The molecule has 1 aliphatic heterocycles. The Bertz CT molecular complexity index is 724. The molecule has 1 atom stereocenters. The summed E-state index contributed by atoms with van der Waals surface area (Å²) in [6.07, 6.45) is 0.560. The summed E-state index contributed by atoms with van der Waals surface area (Å²) in [5.74, 6) is 1.02. The van der Waals surface area contributed by atoms with E-state index in [4.69, 9.17) is 10.3 Å². The van der Waals surface area contributed by atoms with Crippen molar-refractivity contribution in [3.8, 4) is 11.5 Å². The van der Waals surface area contributed by atoms with Crippen LogP contribution in [0.2, 0.25) is 0 Å². The van der Waals surface area contributed by atoms with Crippen molar-refractivity contribution in [2.24, 2.45) is 5.73 Å². The minimum atomic E-state index is -2.95. The first-order valence-corrected chi connectivity index (χ1v) is 8.23. The topological polar surface area (TPSA) is 99.1 Å². The van der Waals surface area contributed by atoms with E-state index in [1.54, 1.807) is 0 Å². The molecular weight excluding hydrogens is 278 g/mol. The number of sulfone groups is 1. The van der Waals surface area contributed by atoms with Crippen molar-refractivity contribution >= 4 is 9.84 Å². The predicted octanol–water partition coefficient (Wildman–Crippen LogP) is 1.10. The molecule has 0 radical (unpaired) electrons. The van der Waals surface area contributed by atoms with Crippen molar-refractivity contribution in [1.82, 2.24) is 10.1 Å². The second kappa shape index (κ2) is 4.99. The van der Waals surface area contributed by atoms with Gasteiger partial charge in [-0.25, -0.2) is 8.42 Å². The lowest BCUT2D eigenvalue weighted by atomic mass is 10.1. The normalized spacial score (nSPS) is 21.1. The van der Waals surface area contributed by atoms with E-state index in [2.05, 4.69) is 10.1 Å². The maximum atomic E-state index is 11.5. The Morgan fingerprint density at radius 1 is 1.40 bits per heavy atom. The fourth-order valence-electron chi connectivity index (χ4n) is 2.35. The molecule has 1 saturated heterocycles. The Balaban J connectivity index is 1.87. The lowest BCUT2D eigenvalue weighted by Gasteiger charge is -1.99. The van der Waals surface area contributed by atoms with Gasteiger partial charge < -0.3 is 10.3 Å². The highest BCUT2D eigenvalue weighted by Gasteiger charge is 2.32. The van der Waals surface area contributed by atoms with Crippen molar-refractivity contribution in [2.75, 3.05) is 11.5 Å². The maximum Gasteiger partial charge on any atom is 0.257 e. The summed E-state index contributed by atoms with van der Waals surface area (Å²) in [5, 5.41) is 3.91. The molecule has 0 saturated carbocycles. The largest absolute Gasteiger partial charge is 0.334 e. The molecule has 3 rings (SSSR count). The molecule has 1 fully saturated rings. The van der Waals surface area contributed by atoms with Gasteiger partial charge in [-0.15, -0.1) is 0 Å². The molecule has 6 nitrogen and oxygen atoms in total. The van der Waals surface area contributed by atoms with Gasteiger partial charge in [0.05, 0.1) is 11.5 Å². The minimum Gasteiger partial charge on any atom is -0.334 e. The third-order valence-corrected chi connectivity index (χ3v) is 5.22. The summed E-state index contributed by atoms with van der Waals surface area (Å²) in [6.45, 7) is 0.440.